The minimum atomic E-state index is 0.486. The van der Waals surface area contributed by atoms with Crippen molar-refractivity contribution in [2.75, 3.05) is 6.54 Å². The van der Waals surface area contributed by atoms with Gasteiger partial charge in [-0.2, -0.15) is 0 Å². The second-order valence-corrected chi connectivity index (χ2v) is 5.92. The summed E-state index contributed by atoms with van der Waals surface area (Å²) in [6, 6.07) is 3.23. The van der Waals surface area contributed by atoms with E-state index in [1.807, 2.05) is 0 Å². The van der Waals surface area contributed by atoms with Gasteiger partial charge in [0.1, 0.15) is 11.5 Å². The predicted molar refractivity (Wildman–Crippen MR) is 81.3 cm³/mol. The van der Waals surface area contributed by atoms with Gasteiger partial charge in [0.25, 0.3) is 0 Å². The summed E-state index contributed by atoms with van der Waals surface area (Å²) in [7, 11) is 0. The zero-order valence-corrected chi connectivity index (χ0v) is 13.4. The molecule has 1 aromatic heterocycles. The second kappa shape index (κ2) is 7.71. The summed E-state index contributed by atoms with van der Waals surface area (Å²) in [6.07, 6.45) is 1.18. The summed E-state index contributed by atoms with van der Waals surface area (Å²) >= 11 is 0. The normalized spacial score (nSPS) is 12.1. The first-order valence-electron chi connectivity index (χ1n) is 7.49. The first-order chi connectivity index (χ1) is 8.93. The number of furan rings is 1. The summed E-state index contributed by atoms with van der Waals surface area (Å²) in [5.41, 5.74) is 1.25. The van der Waals surface area contributed by atoms with Crippen LogP contribution in [0.25, 0.3) is 0 Å². The molecule has 0 aromatic carbocycles. The molecule has 3 heteroatoms. The fourth-order valence-corrected chi connectivity index (χ4v) is 2.15. The van der Waals surface area contributed by atoms with E-state index in [-0.39, 0.29) is 0 Å². The van der Waals surface area contributed by atoms with E-state index in [0.717, 1.165) is 31.2 Å². The van der Waals surface area contributed by atoms with E-state index in [9.17, 15) is 0 Å². The highest BCUT2D eigenvalue weighted by Crippen LogP contribution is 2.17. The summed E-state index contributed by atoms with van der Waals surface area (Å²) in [5.74, 6) is 2.16. The lowest BCUT2D eigenvalue weighted by Gasteiger charge is -2.24. The van der Waals surface area contributed by atoms with E-state index in [2.05, 4.69) is 57.8 Å². The van der Waals surface area contributed by atoms with Crippen LogP contribution in [0.2, 0.25) is 0 Å². The Morgan fingerprint density at radius 1 is 1.26 bits per heavy atom. The topological polar surface area (TPSA) is 28.4 Å². The van der Waals surface area contributed by atoms with Crippen molar-refractivity contribution in [3.05, 3.63) is 23.2 Å². The maximum atomic E-state index is 5.99. The second-order valence-electron chi connectivity index (χ2n) is 5.92. The Bertz CT molecular complexity index is 369. The van der Waals surface area contributed by atoms with Crippen molar-refractivity contribution in [1.29, 1.82) is 0 Å². The van der Waals surface area contributed by atoms with Crippen molar-refractivity contribution in [1.82, 2.24) is 10.2 Å². The average Bonchev–Trinajstić information content (AvgIpc) is 2.66. The third-order valence-corrected chi connectivity index (χ3v) is 3.34. The largest absolute Gasteiger partial charge is 0.463 e. The maximum absolute atomic E-state index is 5.99. The number of rotatable bonds is 8. The van der Waals surface area contributed by atoms with Gasteiger partial charge < -0.3 is 9.73 Å². The molecule has 0 aliphatic carbocycles. The SMILES string of the molecule is CCCN(Cc1cc(C)c(CNC(C)C)o1)C(C)C. The average molecular weight is 266 g/mol. The molecule has 0 saturated carbocycles. The van der Waals surface area contributed by atoms with Crippen LogP contribution in [-0.2, 0) is 13.1 Å². The van der Waals surface area contributed by atoms with Crippen LogP contribution in [0.5, 0.6) is 0 Å². The molecule has 1 heterocycles. The van der Waals surface area contributed by atoms with Crippen LogP contribution < -0.4 is 5.32 Å². The highest BCUT2D eigenvalue weighted by atomic mass is 16.3. The zero-order chi connectivity index (χ0) is 14.4. The van der Waals surface area contributed by atoms with Crippen LogP contribution in [0.3, 0.4) is 0 Å². The van der Waals surface area contributed by atoms with E-state index in [4.69, 9.17) is 4.42 Å². The van der Waals surface area contributed by atoms with Gasteiger partial charge in [-0.25, -0.2) is 0 Å². The Morgan fingerprint density at radius 3 is 2.47 bits per heavy atom. The molecule has 1 rings (SSSR count). The van der Waals surface area contributed by atoms with E-state index in [0.29, 0.717) is 12.1 Å². The molecule has 3 nitrogen and oxygen atoms in total. The maximum Gasteiger partial charge on any atom is 0.120 e. The minimum Gasteiger partial charge on any atom is -0.463 e. The quantitative estimate of drug-likeness (QED) is 0.777. The van der Waals surface area contributed by atoms with Crippen LogP contribution in [0, 0.1) is 6.92 Å². The molecule has 19 heavy (non-hydrogen) atoms. The van der Waals surface area contributed by atoms with Gasteiger partial charge in [-0.05, 0) is 45.4 Å². The number of hydrogen-bond acceptors (Lipinski definition) is 3. The van der Waals surface area contributed by atoms with Gasteiger partial charge in [0.05, 0.1) is 13.1 Å². The summed E-state index contributed by atoms with van der Waals surface area (Å²) in [5, 5.41) is 3.41. The van der Waals surface area contributed by atoms with Gasteiger partial charge in [0.15, 0.2) is 0 Å². The first-order valence-corrected chi connectivity index (χ1v) is 7.49. The molecule has 1 aromatic rings. The molecule has 0 bridgehead atoms. The van der Waals surface area contributed by atoms with E-state index < -0.39 is 0 Å². The lowest BCUT2D eigenvalue weighted by Crippen LogP contribution is -2.30. The Balaban J connectivity index is 2.66. The minimum absolute atomic E-state index is 0.486. The Labute approximate surface area is 118 Å². The Kier molecular flexibility index (Phi) is 6.59. The standard InChI is InChI=1S/C16H30N2O/c1-7-8-18(13(4)5)11-15-9-14(6)16(19-15)10-17-12(2)3/h9,12-13,17H,7-8,10-11H2,1-6H3. The number of nitrogens with zero attached hydrogens (tertiary/aromatic N) is 1. The molecule has 1 N–H and O–H groups in total. The molecular weight excluding hydrogens is 236 g/mol. The Morgan fingerprint density at radius 2 is 1.95 bits per heavy atom. The van der Waals surface area contributed by atoms with Gasteiger partial charge in [0.2, 0.25) is 0 Å². The lowest BCUT2D eigenvalue weighted by atomic mass is 10.2. The van der Waals surface area contributed by atoms with Gasteiger partial charge in [0, 0.05) is 12.1 Å². The Hall–Kier alpha value is -0.800. The summed E-state index contributed by atoms with van der Waals surface area (Å²) in [6.45, 7) is 16.0. The lowest BCUT2D eigenvalue weighted by molar-refractivity contribution is 0.195. The molecule has 110 valence electrons. The molecule has 0 aliphatic rings. The molecule has 0 aliphatic heterocycles. The number of nitrogens with one attached hydrogen (secondary N) is 1. The zero-order valence-electron chi connectivity index (χ0n) is 13.4. The van der Waals surface area contributed by atoms with Gasteiger partial charge >= 0.3 is 0 Å². The molecule has 0 spiro atoms. The smallest absolute Gasteiger partial charge is 0.120 e. The van der Waals surface area contributed by atoms with Crippen LogP contribution in [0.1, 0.15) is 58.1 Å². The fourth-order valence-electron chi connectivity index (χ4n) is 2.15. The molecule has 0 fully saturated rings. The van der Waals surface area contributed by atoms with Crippen LogP contribution in [0.15, 0.2) is 10.5 Å². The molecular formula is C16H30N2O. The van der Waals surface area contributed by atoms with Crippen molar-refractivity contribution in [3.63, 3.8) is 0 Å². The van der Waals surface area contributed by atoms with E-state index in [1.165, 1.54) is 12.0 Å². The highest BCUT2D eigenvalue weighted by molar-refractivity contribution is 5.20. The fraction of sp³-hybridized carbons (Fsp3) is 0.750. The van der Waals surface area contributed by atoms with Gasteiger partial charge in [-0.3, -0.25) is 4.90 Å². The van der Waals surface area contributed by atoms with Crippen LogP contribution >= 0.6 is 0 Å². The predicted octanol–water partition coefficient (Wildman–Crippen LogP) is 3.71. The van der Waals surface area contributed by atoms with Crippen molar-refractivity contribution in [3.8, 4) is 0 Å². The summed E-state index contributed by atoms with van der Waals surface area (Å²) in [4.78, 5) is 2.46. The summed E-state index contributed by atoms with van der Waals surface area (Å²) < 4.78 is 5.99. The van der Waals surface area contributed by atoms with Crippen molar-refractivity contribution >= 4 is 0 Å². The molecule has 0 amide bonds. The van der Waals surface area contributed by atoms with Crippen molar-refractivity contribution in [2.24, 2.45) is 0 Å². The third kappa shape index (κ3) is 5.37. The first kappa shape index (κ1) is 16.3. The molecule has 0 saturated heterocycles. The number of hydrogen-bond donors (Lipinski definition) is 1. The molecule has 0 atom stereocenters. The monoisotopic (exact) mass is 266 g/mol. The van der Waals surface area contributed by atoms with E-state index >= 15 is 0 Å². The van der Waals surface area contributed by atoms with Crippen LogP contribution in [-0.4, -0.2) is 23.5 Å². The molecule has 0 unspecified atom stereocenters. The van der Waals surface area contributed by atoms with Crippen LogP contribution in [0.4, 0.5) is 0 Å². The number of aryl methyl sites for hydroxylation is 1. The third-order valence-electron chi connectivity index (χ3n) is 3.34. The van der Waals surface area contributed by atoms with Gasteiger partial charge in [-0.1, -0.05) is 20.8 Å². The van der Waals surface area contributed by atoms with Gasteiger partial charge in [-0.15, -0.1) is 0 Å². The van der Waals surface area contributed by atoms with Crippen molar-refractivity contribution in [2.45, 2.75) is 73.1 Å². The highest BCUT2D eigenvalue weighted by Gasteiger charge is 2.13. The van der Waals surface area contributed by atoms with E-state index in [1.54, 1.807) is 0 Å². The van der Waals surface area contributed by atoms with Crippen molar-refractivity contribution < 1.29 is 4.42 Å². The molecule has 0 radical (unpaired) electrons.